The third kappa shape index (κ3) is 3.42. The van der Waals surface area contributed by atoms with E-state index >= 15 is 0 Å². The lowest BCUT2D eigenvalue weighted by molar-refractivity contribution is 0.0668. The summed E-state index contributed by atoms with van der Waals surface area (Å²) in [6.07, 6.45) is 2.15. The molecule has 1 fully saturated rings. The second-order valence-corrected chi connectivity index (χ2v) is 6.09. The highest BCUT2D eigenvalue weighted by atomic mass is 79.9. The lowest BCUT2D eigenvalue weighted by Gasteiger charge is -2.31. The molecule has 1 aromatic carbocycles. The van der Waals surface area contributed by atoms with E-state index in [4.69, 9.17) is 4.42 Å². The van der Waals surface area contributed by atoms with Crippen LogP contribution in [0.4, 0.5) is 0 Å². The first kappa shape index (κ1) is 16.3. The van der Waals surface area contributed by atoms with Crippen molar-refractivity contribution < 1.29 is 9.21 Å². The van der Waals surface area contributed by atoms with Gasteiger partial charge in [-0.2, -0.15) is 0 Å². The van der Waals surface area contributed by atoms with E-state index in [1.165, 1.54) is 0 Å². The number of nitrogens with one attached hydrogen (secondary N) is 1. The third-order valence-electron chi connectivity index (χ3n) is 3.81. The Morgan fingerprint density at radius 3 is 3.00 bits per heavy atom. The Morgan fingerprint density at radius 1 is 1.43 bits per heavy atom. The SMILES string of the molecule is CNC1CCCN(C(=O)c2cc3cc(Br)ccc3o2)C1.Cl. The summed E-state index contributed by atoms with van der Waals surface area (Å²) >= 11 is 3.43. The minimum Gasteiger partial charge on any atom is -0.451 e. The van der Waals surface area contributed by atoms with Gasteiger partial charge in [-0.05, 0) is 44.2 Å². The van der Waals surface area contributed by atoms with Crippen LogP contribution in [-0.2, 0) is 0 Å². The summed E-state index contributed by atoms with van der Waals surface area (Å²) < 4.78 is 6.66. The molecule has 1 atom stereocenters. The maximum Gasteiger partial charge on any atom is 0.289 e. The molecule has 1 aliphatic rings. The van der Waals surface area contributed by atoms with Gasteiger partial charge in [-0.25, -0.2) is 0 Å². The number of halogens is 2. The Balaban J connectivity index is 0.00000161. The summed E-state index contributed by atoms with van der Waals surface area (Å²) in [6.45, 7) is 1.55. The Bertz CT molecular complexity index is 644. The highest BCUT2D eigenvalue weighted by Gasteiger charge is 2.25. The van der Waals surface area contributed by atoms with Crippen molar-refractivity contribution in [1.29, 1.82) is 0 Å². The van der Waals surface area contributed by atoms with Crippen molar-refractivity contribution in [3.05, 3.63) is 34.5 Å². The number of hydrogen-bond acceptors (Lipinski definition) is 3. The van der Waals surface area contributed by atoms with Crippen molar-refractivity contribution >= 4 is 45.2 Å². The van der Waals surface area contributed by atoms with Crippen LogP contribution in [-0.4, -0.2) is 37.0 Å². The van der Waals surface area contributed by atoms with Crippen LogP contribution in [0.1, 0.15) is 23.4 Å². The summed E-state index contributed by atoms with van der Waals surface area (Å²) in [5, 5.41) is 4.19. The molecule has 21 heavy (non-hydrogen) atoms. The van der Waals surface area contributed by atoms with Crippen LogP contribution in [0.25, 0.3) is 11.0 Å². The second kappa shape index (κ2) is 6.81. The molecule has 0 aliphatic carbocycles. The number of fused-ring (bicyclic) bond motifs is 1. The van der Waals surface area contributed by atoms with Crippen LogP contribution >= 0.6 is 28.3 Å². The highest BCUT2D eigenvalue weighted by Crippen LogP contribution is 2.24. The van der Waals surface area contributed by atoms with Gasteiger partial charge in [0.1, 0.15) is 5.58 Å². The molecule has 114 valence electrons. The van der Waals surface area contributed by atoms with Gasteiger partial charge < -0.3 is 14.6 Å². The molecular weight excluding hydrogens is 356 g/mol. The normalized spacial score (nSPS) is 18.6. The fraction of sp³-hybridized carbons (Fsp3) is 0.400. The number of furan rings is 1. The van der Waals surface area contributed by atoms with Gasteiger partial charge in [0, 0.05) is 29.0 Å². The number of amides is 1. The van der Waals surface area contributed by atoms with E-state index in [0.29, 0.717) is 11.8 Å². The maximum atomic E-state index is 12.5. The van der Waals surface area contributed by atoms with E-state index in [1.807, 2.05) is 36.2 Å². The van der Waals surface area contributed by atoms with Crippen molar-refractivity contribution in [3.8, 4) is 0 Å². The zero-order valence-corrected chi connectivity index (χ0v) is 14.2. The summed E-state index contributed by atoms with van der Waals surface area (Å²) in [5.41, 5.74) is 0.749. The van der Waals surface area contributed by atoms with Gasteiger partial charge in [-0.3, -0.25) is 4.79 Å². The number of hydrogen-bond donors (Lipinski definition) is 1. The van der Waals surface area contributed by atoms with Crippen LogP contribution in [0.2, 0.25) is 0 Å². The van der Waals surface area contributed by atoms with E-state index in [2.05, 4.69) is 21.2 Å². The Labute approximate surface area is 138 Å². The van der Waals surface area contributed by atoms with Gasteiger partial charge >= 0.3 is 0 Å². The molecule has 6 heteroatoms. The molecule has 1 aromatic heterocycles. The number of likely N-dealkylation sites (tertiary alicyclic amines) is 1. The average molecular weight is 374 g/mol. The Kier molecular flexibility index (Phi) is 5.30. The molecule has 0 saturated carbocycles. The average Bonchev–Trinajstić information content (AvgIpc) is 2.89. The smallest absolute Gasteiger partial charge is 0.289 e. The number of likely N-dealkylation sites (N-methyl/N-ethyl adjacent to an activating group) is 1. The first-order valence-electron chi connectivity index (χ1n) is 6.83. The van der Waals surface area contributed by atoms with Crippen molar-refractivity contribution in [2.24, 2.45) is 0 Å². The molecule has 4 nitrogen and oxygen atoms in total. The molecule has 1 N–H and O–H groups in total. The number of piperidine rings is 1. The molecule has 2 heterocycles. The van der Waals surface area contributed by atoms with E-state index in [-0.39, 0.29) is 18.3 Å². The molecule has 1 aliphatic heterocycles. The second-order valence-electron chi connectivity index (χ2n) is 5.17. The zero-order chi connectivity index (χ0) is 14.1. The van der Waals surface area contributed by atoms with Crippen molar-refractivity contribution in [2.45, 2.75) is 18.9 Å². The van der Waals surface area contributed by atoms with E-state index < -0.39 is 0 Å². The maximum absolute atomic E-state index is 12.5. The Hall–Kier alpha value is -1.04. The predicted octanol–water partition coefficient (Wildman–Crippen LogP) is 3.44. The number of nitrogens with zero attached hydrogens (tertiary/aromatic N) is 1. The van der Waals surface area contributed by atoms with Crippen LogP contribution < -0.4 is 5.32 Å². The van der Waals surface area contributed by atoms with Gasteiger partial charge in [-0.15, -0.1) is 12.4 Å². The molecule has 3 rings (SSSR count). The van der Waals surface area contributed by atoms with Gasteiger partial charge in [0.25, 0.3) is 5.91 Å². The topological polar surface area (TPSA) is 45.5 Å². The number of carbonyl (C=O) groups is 1. The molecule has 0 radical (unpaired) electrons. The molecule has 1 amide bonds. The van der Waals surface area contributed by atoms with Gasteiger partial charge in [-0.1, -0.05) is 15.9 Å². The van der Waals surface area contributed by atoms with Gasteiger partial charge in [0.05, 0.1) is 0 Å². The fourth-order valence-corrected chi connectivity index (χ4v) is 3.05. The lowest BCUT2D eigenvalue weighted by atomic mass is 10.1. The number of benzene rings is 1. The van der Waals surface area contributed by atoms with E-state index in [9.17, 15) is 4.79 Å². The third-order valence-corrected chi connectivity index (χ3v) is 4.30. The van der Waals surface area contributed by atoms with Crippen LogP contribution in [0, 0.1) is 0 Å². The quantitative estimate of drug-likeness (QED) is 0.877. The van der Waals surface area contributed by atoms with Crippen molar-refractivity contribution in [2.75, 3.05) is 20.1 Å². The predicted molar refractivity (Wildman–Crippen MR) is 89.1 cm³/mol. The largest absolute Gasteiger partial charge is 0.451 e. The summed E-state index contributed by atoms with van der Waals surface area (Å²) in [7, 11) is 1.94. The Morgan fingerprint density at radius 2 is 2.24 bits per heavy atom. The minimum atomic E-state index is -0.0164. The minimum absolute atomic E-state index is 0. The standard InChI is InChI=1S/C15H17BrN2O2.ClH/c1-17-12-3-2-6-18(9-12)15(19)14-8-10-7-11(16)4-5-13(10)20-14;/h4-5,7-8,12,17H,2-3,6,9H2,1H3;1H. The number of carbonyl (C=O) groups excluding carboxylic acids is 1. The molecule has 0 spiro atoms. The number of rotatable bonds is 2. The summed E-state index contributed by atoms with van der Waals surface area (Å²) in [4.78, 5) is 14.4. The van der Waals surface area contributed by atoms with Gasteiger partial charge in [0.15, 0.2) is 5.76 Å². The summed E-state index contributed by atoms with van der Waals surface area (Å²) in [5.74, 6) is 0.409. The van der Waals surface area contributed by atoms with Crippen molar-refractivity contribution in [1.82, 2.24) is 10.2 Å². The molecule has 2 aromatic rings. The molecule has 0 bridgehead atoms. The zero-order valence-electron chi connectivity index (χ0n) is 11.8. The first-order valence-corrected chi connectivity index (χ1v) is 7.62. The first-order chi connectivity index (χ1) is 9.67. The van der Waals surface area contributed by atoms with E-state index in [1.54, 1.807) is 0 Å². The van der Waals surface area contributed by atoms with Crippen LogP contribution in [0.15, 0.2) is 33.2 Å². The van der Waals surface area contributed by atoms with Crippen LogP contribution in [0.5, 0.6) is 0 Å². The monoisotopic (exact) mass is 372 g/mol. The van der Waals surface area contributed by atoms with Crippen LogP contribution in [0.3, 0.4) is 0 Å². The van der Waals surface area contributed by atoms with Crippen molar-refractivity contribution in [3.63, 3.8) is 0 Å². The summed E-state index contributed by atoms with van der Waals surface area (Å²) in [6, 6.07) is 7.96. The molecule has 1 saturated heterocycles. The highest BCUT2D eigenvalue weighted by molar-refractivity contribution is 9.10. The fourth-order valence-electron chi connectivity index (χ4n) is 2.67. The molecular formula is C15H18BrClN2O2. The van der Waals surface area contributed by atoms with E-state index in [0.717, 1.165) is 41.4 Å². The van der Waals surface area contributed by atoms with Gasteiger partial charge in [0.2, 0.25) is 0 Å². The lowest BCUT2D eigenvalue weighted by Crippen LogP contribution is -2.46. The molecule has 1 unspecified atom stereocenters.